The Morgan fingerprint density at radius 1 is 1.10 bits per heavy atom. The van der Waals surface area contributed by atoms with E-state index in [1.807, 2.05) is 59.4 Å². The largest absolute Gasteiger partial charge is 0.326 e. The van der Waals surface area contributed by atoms with Gasteiger partial charge >= 0.3 is 0 Å². The van der Waals surface area contributed by atoms with Gasteiger partial charge in [0.25, 0.3) is 0 Å². The molecule has 3 saturated heterocycles. The van der Waals surface area contributed by atoms with Gasteiger partial charge in [0.2, 0.25) is 5.91 Å². The van der Waals surface area contributed by atoms with Gasteiger partial charge in [0.05, 0.1) is 24.4 Å². The SMILES string of the molecule is O=C(Nc1ccccc1)[C@@H]1CN2CC[C@@H]1C[C@@H]2Cn1cc(-c2ccccn2)nn1. The van der Waals surface area contributed by atoms with Gasteiger partial charge in [0, 0.05) is 24.5 Å². The van der Waals surface area contributed by atoms with Crippen molar-refractivity contribution in [3.8, 4) is 11.4 Å². The number of para-hydroxylation sites is 1. The van der Waals surface area contributed by atoms with E-state index in [1.54, 1.807) is 6.20 Å². The molecule has 1 amide bonds. The van der Waals surface area contributed by atoms with Crippen LogP contribution >= 0.6 is 0 Å². The topological polar surface area (TPSA) is 75.9 Å². The molecule has 3 fully saturated rings. The molecule has 0 radical (unpaired) electrons. The quantitative estimate of drug-likeness (QED) is 0.727. The Morgan fingerprint density at radius 3 is 2.72 bits per heavy atom. The number of hydrogen-bond acceptors (Lipinski definition) is 5. The maximum Gasteiger partial charge on any atom is 0.229 e. The van der Waals surface area contributed by atoms with E-state index in [0.29, 0.717) is 12.0 Å². The summed E-state index contributed by atoms with van der Waals surface area (Å²) in [6.07, 6.45) is 5.83. The highest BCUT2D eigenvalue weighted by molar-refractivity contribution is 5.93. The van der Waals surface area contributed by atoms with E-state index in [4.69, 9.17) is 0 Å². The highest BCUT2D eigenvalue weighted by atomic mass is 16.2. The molecular weight excluding hydrogens is 364 g/mol. The van der Waals surface area contributed by atoms with Crippen molar-refractivity contribution in [1.82, 2.24) is 24.9 Å². The van der Waals surface area contributed by atoms with E-state index in [1.165, 1.54) is 0 Å². The van der Waals surface area contributed by atoms with Crippen LogP contribution in [0.4, 0.5) is 5.69 Å². The van der Waals surface area contributed by atoms with Crippen molar-refractivity contribution in [1.29, 1.82) is 0 Å². The van der Waals surface area contributed by atoms with Crippen molar-refractivity contribution in [2.45, 2.75) is 25.4 Å². The summed E-state index contributed by atoms with van der Waals surface area (Å²) in [5, 5.41) is 11.7. The zero-order valence-electron chi connectivity index (χ0n) is 16.2. The molecule has 2 bridgehead atoms. The summed E-state index contributed by atoms with van der Waals surface area (Å²) < 4.78 is 1.91. The lowest BCUT2D eigenvalue weighted by Gasteiger charge is -2.49. The molecule has 0 saturated carbocycles. The minimum Gasteiger partial charge on any atom is -0.326 e. The maximum absolute atomic E-state index is 12.8. The number of nitrogens with zero attached hydrogens (tertiary/aromatic N) is 5. The van der Waals surface area contributed by atoms with Crippen molar-refractivity contribution in [2.75, 3.05) is 18.4 Å². The molecule has 6 rings (SSSR count). The molecule has 1 aromatic carbocycles. The number of nitrogens with one attached hydrogen (secondary N) is 1. The van der Waals surface area contributed by atoms with Gasteiger partial charge in [-0.2, -0.15) is 0 Å². The smallest absolute Gasteiger partial charge is 0.229 e. The highest BCUT2D eigenvalue weighted by Crippen LogP contribution is 2.37. The number of fused-ring (bicyclic) bond motifs is 3. The fourth-order valence-corrected chi connectivity index (χ4v) is 4.62. The number of benzene rings is 1. The van der Waals surface area contributed by atoms with Crippen LogP contribution < -0.4 is 5.32 Å². The van der Waals surface area contributed by atoms with Crippen molar-refractivity contribution >= 4 is 11.6 Å². The summed E-state index contributed by atoms with van der Waals surface area (Å²) in [4.78, 5) is 19.6. The van der Waals surface area contributed by atoms with Gasteiger partial charge in [-0.15, -0.1) is 5.10 Å². The predicted molar refractivity (Wildman–Crippen MR) is 110 cm³/mol. The second kappa shape index (κ2) is 7.75. The number of aromatic nitrogens is 4. The van der Waals surface area contributed by atoms with Gasteiger partial charge in [-0.25, -0.2) is 0 Å². The number of amides is 1. The molecule has 3 aliphatic heterocycles. The fraction of sp³-hybridized carbons (Fsp3) is 0.364. The first-order valence-corrected chi connectivity index (χ1v) is 10.2. The molecular formula is C22H24N6O. The third-order valence-electron chi connectivity index (χ3n) is 6.12. The molecule has 7 heteroatoms. The average Bonchev–Trinajstić information content (AvgIpc) is 3.24. The minimum absolute atomic E-state index is 0.0556. The maximum atomic E-state index is 12.8. The van der Waals surface area contributed by atoms with Crippen LogP contribution in [-0.2, 0) is 11.3 Å². The summed E-state index contributed by atoms with van der Waals surface area (Å²) >= 11 is 0. The van der Waals surface area contributed by atoms with Gasteiger partial charge in [0.15, 0.2) is 0 Å². The van der Waals surface area contributed by atoms with Gasteiger partial charge in [-0.1, -0.05) is 29.5 Å². The molecule has 1 N–H and O–H groups in total. The first-order chi connectivity index (χ1) is 14.3. The number of rotatable bonds is 5. The molecule has 3 aromatic rings. The number of hydrogen-bond donors (Lipinski definition) is 1. The lowest BCUT2D eigenvalue weighted by atomic mass is 9.75. The van der Waals surface area contributed by atoms with Gasteiger partial charge < -0.3 is 5.32 Å². The van der Waals surface area contributed by atoms with Crippen LogP contribution in [0, 0.1) is 11.8 Å². The first-order valence-electron chi connectivity index (χ1n) is 10.2. The Morgan fingerprint density at radius 2 is 1.97 bits per heavy atom. The molecule has 0 aliphatic carbocycles. The summed E-state index contributed by atoms with van der Waals surface area (Å²) in [6, 6.07) is 15.9. The summed E-state index contributed by atoms with van der Waals surface area (Å²) in [7, 11) is 0. The molecule has 2 aromatic heterocycles. The summed E-state index contributed by atoms with van der Waals surface area (Å²) in [5.74, 6) is 0.620. The zero-order chi connectivity index (χ0) is 19.6. The second-order valence-electron chi connectivity index (χ2n) is 7.94. The van der Waals surface area contributed by atoms with Crippen LogP contribution in [0.5, 0.6) is 0 Å². The summed E-state index contributed by atoms with van der Waals surface area (Å²) in [5.41, 5.74) is 2.50. The van der Waals surface area contributed by atoms with Gasteiger partial charge in [-0.3, -0.25) is 19.4 Å². The number of anilines is 1. The number of carbonyl (C=O) groups excluding carboxylic acids is 1. The first kappa shape index (κ1) is 18.0. The van der Waals surface area contributed by atoms with Crippen LogP contribution in [-0.4, -0.2) is 49.9 Å². The second-order valence-corrected chi connectivity index (χ2v) is 7.94. The Hall–Kier alpha value is -3.06. The van der Waals surface area contributed by atoms with Crippen LogP contribution in [0.2, 0.25) is 0 Å². The fourth-order valence-electron chi connectivity index (χ4n) is 4.62. The Bertz CT molecular complexity index is 973. The molecule has 0 spiro atoms. The van der Waals surface area contributed by atoms with Crippen molar-refractivity contribution in [3.63, 3.8) is 0 Å². The third kappa shape index (κ3) is 3.78. The van der Waals surface area contributed by atoms with Crippen LogP contribution in [0.3, 0.4) is 0 Å². The number of piperidine rings is 3. The lowest BCUT2D eigenvalue weighted by Crippen LogP contribution is -2.57. The highest BCUT2D eigenvalue weighted by Gasteiger charge is 2.43. The molecule has 148 valence electrons. The number of pyridine rings is 1. The zero-order valence-corrected chi connectivity index (χ0v) is 16.2. The average molecular weight is 388 g/mol. The van der Waals surface area contributed by atoms with E-state index in [2.05, 4.69) is 25.5 Å². The van der Waals surface area contributed by atoms with Crippen molar-refractivity contribution < 1.29 is 4.79 Å². The van der Waals surface area contributed by atoms with E-state index in [0.717, 1.165) is 49.6 Å². The molecule has 29 heavy (non-hydrogen) atoms. The number of carbonyl (C=O) groups is 1. The van der Waals surface area contributed by atoms with E-state index < -0.39 is 0 Å². The Labute approximate surface area is 169 Å². The molecule has 4 atom stereocenters. The normalized spacial score (nSPS) is 25.7. The molecule has 7 nitrogen and oxygen atoms in total. The Balaban J connectivity index is 1.23. The monoisotopic (exact) mass is 388 g/mol. The predicted octanol–water partition coefficient (Wildman–Crippen LogP) is 2.69. The minimum atomic E-state index is 0.0556. The summed E-state index contributed by atoms with van der Waals surface area (Å²) in [6.45, 7) is 2.66. The molecule has 1 unspecified atom stereocenters. The third-order valence-corrected chi connectivity index (χ3v) is 6.12. The van der Waals surface area contributed by atoms with E-state index in [-0.39, 0.29) is 11.8 Å². The van der Waals surface area contributed by atoms with Gasteiger partial charge in [-0.05, 0) is 49.6 Å². The van der Waals surface area contributed by atoms with Crippen LogP contribution in [0.1, 0.15) is 12.8 Å². The van der Waals surface area contributed by atoms with Crippen LogP contribution in [0.15, 0.2) is 60.9 Å². The molecule has 3 aliphatic rings. The van der Waals surface area contributed by atoms with E-state index in [9.17, 15) is 4.79 Å². The van der Waals surface area contributed by atoms with Crippen molar-refractivity contribution in [3.05, 3.63) is 60.9 Å². The van der Waals surface area contributed by atoms with E-state index >= 15 is 0 Å². The molecule has 5 heterocycles. The Kier molecular flexibility index (Phi) is 4.81. The lowest BCUT2D eigenvalue weighted by molar-refractivity contribution is -0.127. The van der Waals surface area contributed by atoms with Gasteiger partial charge in [0.1, 0.15) is 5.69 Å². The standard InChI is InChI=1S/C22H24N6O/c29-22(24-17-6-2-1-3-7-17)19-14-27-11-9-16(19)12-18(27)13-28-15-21(25-26-28)20-8-4-5-10-23-20/h1-8,10,15-16,18-19H,9,11-14H2,(H,24,29)/t16-,18-,19-/m1/s1. The van der Waals surface area contributed by atoms with Crippen LogP contribution in [0.25, 0.3) is 11.4 Å². The van der Waals surface area contributed by atoms with Crippen molar-refractivity contribution in [2.24, 2.45) is 11.8 Å².